The SMILES string of the molecule is NC(=O)C1CC(O)CN1C(=O)C1CC12CCNCC2. The van der Waals surface area contributed by atoms with E-state index in [1.807, 2.05) is 0 Å². The Morgan fingerprint density at radius 2 is 2.00 bits per heavy atom. The second kappa shape index (κ2) is 4.45. The van der Waals surface area contributed by atoms with Gasteiger partial charge >= 0.3 is 0 Å². The number of primary amides is 1. The van der Waals surface area contributed by atoms with Gasteiger partial charge in [0.2, 0.25) is 11.8 Å². The molecule has 1 spiro atoms. The summed E-state index contributed by atoms with van der Waals surface area (Å²) >= 11 is 0. The number of rotatable bonds is 2. The van der Waals surface area contributed by atoms with Crippen LogP contribution in [0.25, 0.3) is 0 Å². The van der Waals surface area contributed by atoms with Crippen LogP contribution in [0.15, 0.2) is 0 Å². The van der Waals surface area contributed by atoms with Gasteiger partial charge < -0.3 is 21.1 Å². The Morgan fingerprint density at radius 1 is 1.32 bits per heavy atom. The molecule has 2 saturated heterocycles. The van der Waals surface area contributed by atoms with Gasteiger partial charge in [-0.1, -0.05) is 0 Å². The van der Waals surface area contributed by atoms with E-state index in [4.69, 9.17) is 5.73 Å². The quantitative estimate of drug-likeness (QED) is 0.587. The molecule has 3 rings (SSSR count). The van der Waals surface area contributed by atoms with Crippen molar-refractivity contribution in [3.63, 3.8) is 0 Å². The molecular formula is C13H21N3O3. The highest BCUT2D eigenvalue weighted by Gasteiger charge is 2.59. The van der Waals surface area contributed by atoms with Crippen molar-refractivity contribution in [2.45, 2.75) is 37.8 Å². The molecule has 2 amide bonds. The Bertz CT molecular complexity index is 406. The summed E-state index contributed by atoms with van der Waals surface area (Å²) < 4.78 is 0. The fourth-order valence-electron chi connectivity index (χ4n) is 3.70. The number of likely N-dealkylation sites (tertiary alicyclic amines) is 1. The Hall–Kier alpha value is -1.14. The Balaban J connectivity index is 1.69. The van der Waals surface area contributed by atoms with E-state index >= 15 is 0 Å². The number of carbonyl (C=O) groups excluding carboxylic acids is 2. The number of nitrogens with zero attached hydrogens (tertiary/aromatic N) is 1. The third-order valence-electron chi connectivity index (χ3n) is 4.98. The number of piperidine rings is 1. The van der Waals surface area contributed by atoms with Crippen molar-refractivity contribution in [1.82, 2.24) is 10.2 Å². The molecule has 0 aromatic heterocycles. The molecule has 0 bridgehead atoms. The number of hydrogen-bond donors (Lipinski definition) is 3. The zero-order valence-electron chi connectivity index (χ0n) is 11.0. The van der Waals surface area contributed by atoms with Gasteiger partial charge in [0.1, 0.15) is 6.04 Å². The van der Waals surface area contributed by atoms with Crippen LogP contribution in [0.1, 0.15) is 25.7 Å². The number of β-amino-alcohol motifs (C(OH)–C–C–N with tert-alkyl or cyclic N) is 1. The van der Waals surface area contributed by atoms with Crippen molar-refractivity contribution in [1.29, 1.82) is 0 Å². The second-order valence-electron chi connectivity index (χ2n) is 6.17. The monoisotopic (exact) mass is 267 g/mol. The average Bonchev–Trinajstić information content (AvgIpc) is 2.90. The molecule has 3 unspecified atom stereocenters. The van der Waals surface area contributed by atoms with Gasteiger partial charge in [0.15, 0.2) is 0 Å². The summed E-state index contributed by atoms with van der Waals surface area (Å²) in [6.07, 6.45) is 2.64. The van der Waals surface area contributed by atoms with Gasteiger partial charge in [0.25, 0.3) is 0 Å². The van der Waals surface area contributed by atoms with Gasteiger partial charge in [-0.25, -0.2) is 0 Å². The highest BCUT2D eigenvalue weighted by molar-refractivity contribution is 5.90. The van der Waals surface area contributed by atoms with E-state index in [1.54, 1.807) is 0 Å². The fourth-order valence-corrected chi connectivity index (χ4v) is 3.70. The van der Waals surface area contributed by atoms with Gasteiger partial charge in [-0.3, -0.25) is 9.59 Å². The average molecular weight is 267 g/mol. The minimum absolute atomic E-state index is 0.0160. The lowest BCUT2D eigenvalue weighted by Crippen LogP contribution is -2.45. The molecule has 0 radical (unpaired) electrons. The van der Waals surface area contributed by atoms with Crippen molar-refractivity contribution in [2.75, 3.05) is 19.6 Å². The van der Waals surface area contributed by atoms with Crippen LogP contribution in [0, 0.1) is 11.3 Å². The molecule has 3 fully saturated rings. The zero-order valence-corrected chi connectivity index (χ0v) is 11.0. The first-order valence-electron chi connectivity index (χ1n) is 7.02. The van der Waals surface area contributed by atoms with E-state index in [0.717, 1.165) is 32.4 Å². The van der Waals surface area contributed by atoms with Gasteiger partial charge in [0.05, 0.1) is 6.10 Å². The second-order valence-corrected chi connectivity index (χ2v) is 6.17. The van der Waals surface area contributed by atoms with Crippen molar-refractivity contribution in [3.05, 3.63) is 0 Å². The van der Waals surface area contributed by atoms with Crippen LogP contribution in [0.2, 0.25) is 0 Å². The lowest BCUT2D eigenvalue weighted by atomic mass is 9.91. The summed E-state index contributed by atoms with van der Waals surface area (Å²) in [5.74, 6) is -0.464. The predicted octanol–water partition coefficient (Wildman–Crippen LogP) is -1.18. The number of hydrogen-bond acceptors (Lipinski definition) is 4. The van der Waals surface area contributed by atoms with Crippen LogP contribution in [0.4, 0.5) is 0 Å². The number of amides is 2. The molecule has 2 heterocycles. The largest absolute Gasteiger partial charge is 0.391 e. The number of nitrogens with one attached hydrogen (secondary N) is 1. The molecular weight excluding hydrogens is 246 g/mol. The predicted molar refractivity (Wildman–Crippen MR) is 68.0 cm³/mol. The molecule has 3 aliphatic rings. The number of aliphatic hydroxyl groups excluding tert-OH is 1. The van der Waals surface area contributed by atoms with Crippen molar-refractivity contribution >= 4 is 11.8 Å². The highest BCUT2D eigenvalue weighted by Crippen LogP contribution is 2.59. The topological polar surface area (TPSA) is 95.7 Å². The summed E-state index contributed by atoms with van der Waals surface area (Å²) in [6, 6.07) is -0.623. The van der Waals surface area contributed by atoms with Crippen molar-refractivity contribution < 1.29 is 14.7 Å². The van der Waals surface area contributed by atoms with Crippen LogP contribution >= 0.6 is 0 Å². The van der Waals surface area contributed by atoms with Crippen LogP contribution in [0.5, 0.6) is 0 Å². The van der Waals surface area contributed by atoms with E-state index in [1.165, 1.54) is 4.90 Å². The van der Waals surface area contributed by atoms with Crippen LogP contribution in [-0.4, -0.2) is 53.6 Å². The first kappa shape index (κ1) is 12.9. The maximum Gasteiger partial charge on any atom is 0.240 e. The maximum absolute atomic E-state index is 12.5. The first-order chi connectivity index (χ1) is 9.03. The van der Waals surface area contributed by atoms with E-state index in [9.17, 15) is 14.7 Å². The van der Waals surface area contributed by atoms with Crippen molar-refractivity contribution in [2.24, 2.45) is 17.1 Å². The van der Waals surface area contributed by atoms with Gasteiger partial charge in [0, 0.05) is 18.9 Å². The molecule has 4 N–H and O–H groups in total. The van der Waals surface area contributed by atoms with E-state index < -0.39 is 18.1 Å². The molecule has 6 heteroatoms. The zero-order chi connectivity index (χ0) is 13.6. The van der Waals surface area contributed by atoms with E-state index in [0.29, 0.717) is 0 Å². The molecule has 0 aromatic rings. The van der Waals surface area contributed by atoms with Gasteiger partial charge in [-0.05, 0) is 37.8 Å². The maximum atomic E-state index is 12.5. The minimum Gasteiger partial charge on any atom is -0.391 e. The van der Waals surface area contributed by atoms with E-state index in [-0.39, 0.29) is 30.2 Å². The standard InChI is InChI=1S/C13H21N3O3/c14-11(18)10-5-8(17)7-16(10)12(19)9-6-13(9)1-3-15-4-2-13/h8-10,15,17H,1-7H2,(H2,14,18). The number of carbonyl (C=O) groups is 2. The molecule has 2 aliphatic heterocycles. The van der Waals surface area contributed by atoms with E-state index in [2.05, 4.69) is 5.32 Å². The summed E-state index contributed by atoms with van der Waals surface area (Å²) in [5, 5.41) is 13.0. The lowest BCUT2D eigenvalue weighted by Gasteiger charge is -2.26. The Labute approximate surface area is 112 Å². The smallest absolute Gasteiger partial charge is 0.240 e. The molecule has 0 aromatic carbocycles. The molecule has 106 valence electrons. The number of nitrogens with two attached hydrogens (primary N) is 1. The van der Waals surface area contributed by atoms with Crippen molar-refractivity contribution in [3.8, 4) is 0 Å². The summed E-state index contributed by atoms with van der Waals surface area (Å²) in [7, 11) is 0. The molecule has 1 saturated carbocycles. The molecule has 1 aliphatic carbocycles. The fraction of sp³-hybridized carbons (Fsp3) is 0.846. The van der Waals surface area contributed by atoms with Gasteiger partial charge in [-0.15, -0.1) is 0 Å². The summed E-state index contributed by atoms with van der Waals surface area (Å²) in [4.78, 5) is 25.4. The highest BCUT2D eigenvalue weighted by atomic mass is 16.3. The minimum atomic E-state index is -0.623. The molecule has 19 heavy (non-hydrogen) atoms. The normalized spacial score (nSPS) is 36.5. The summed E-state index contributed by atoms with van der Waals surface area (Å²) in [5.41, 5.74) is 5.48. The lowest BCUT2D eigenvalue weighted by molar-refractivity contribution is -0.139. The third kappa shape index (κ3) is 2.12. The summed E-state index contributed by atoms with van der Waals surface area (Å²) in [6.45, 7) is 2.18. The third-order valence-corrected chi connectivity index (χ3v) is 4.98. The number of aliphatic hydroxyl groups is 1. The first-order valence-corrected chi connectivity index (χ1v) is 7.02. The van der Waals surface area contributed by atoms with Crippen LogP contribution in [-0.2, 0) is 9.59 Å². The Morgan fingerprint density at radius 3 is 2.63 bits per heavy atom. The molecule has 6 nitrogen and oxygen atoms in total. The van der Waals surface area contributed by atoms with Gasteiger partial charge in [-0.2, -0.15) is 0 Å². The van der Waals surface area contributed by atoms with Crippen LogP contribution in [0.3, 0.4) is 0 Å². The molecule has 3 atom stereocenters. The Kier molecular flexibility index (Phi) is 3.02. The van der Waals surface area contributed by atoms with Crippen LogP contribution < -0.4 is 11.1 Å².